The average molecular weight is 285 g/mol. The summed E-state index contributed by atoms with van der Waals surface area (Å²) in [5, 5.41) is 3.64. The van der Waals surface area contributed by atoms with Crippen LogP contribution in [0.3, 0.4) is 0 Å². The largest absolute Gasteiger partial charge is 0.316 e. The first-order valence-corrected chi connectivity index (χ1v) is 8.88. The molecule has 1 nitrogen and oxygen atoms in total. The maximum atomic E-state index is 3.64. The van der Waals surface area contributed by atoms with Crippen molar-refractivity contribution in [2.24, 2.45) is 11.3 Å². The molecule has 0 aliphatic heterocycles. The zero-order valence-corrected chi connectivity index (χ0v) is 14.0. The van der Waals surface area contributed by atoms with Gasteiger partial charge in [-0.2, -0.15) is 0 Å². The zero-order valence-electron chi connectivity index (χ0n) is 14.0. The fraction of sp³-hybridized carbons (Fsp3) is 0.700. The molecular formula is C20H31N. The fourth-order valence-corrected chi connectivity index (χ4v) is 4.72. The van der Waals surface area contributed by atoms with Gasteiger partial charge in [0.25, 0.3) is 0 Å². The van der Waals surface area contributed by atoms with Gasteiger partial charge in [0, 0.05) is 6.04 Å². The van der Waals surface area contributed by atoms with Gasteiger partial charge in [-0.3, -0.25) is 0 Å². The third kappa shape index (κ3) is 3.18. The lowest BCUT2D eigenvalue weighted by Crippen LogP contribution is -2.44. The highest BCUT2D eigenvalue weighted by Gasteiger charge is 2.36. The Labute approximate surface area is 130 Å². The van der Waals surface area contributed by atoms with Crippen LogP contribution < -0.4 is 5.32 Å². The van der Waals surface area contributed by atoms with Gasteiger partial charge in [0.15, 0.2) is 0 Å². The molecule has 21 heavy (non-hydrogen) atoms. The second-order valence-corrected chi connectivity index (χ2v) is 7.90. The van der Waals surface area contributed by atoms with Crippen LogP contribution in [0.25, 0.3) is 0 Å². The van der Waals surface area contributed by atoms with E-state index in [1.165, 1.54) is 56.9 Å². The van der Waals surface area contributed by atoms with Crippen molar-refractivity contribution in [1.82, 2.24) is 5.32 Å². The molecule has 1 aromatic carbocycles. The summed E-state index contributed by atoms with van der Waals surface area (Å²) in [6.45, 7) is 4.95. The zero-order chi connectivity index (χ0) is 14.9. The van der Waals surface area contributed by atoms with E-state index in [-0.39, 0.29) is 0 Å². The molecule has 1 N–H and O–H groups in total. The Kier molecular flexibility index (Phi) is 4.40. The van der Waals surface area contributed by atoms with Crippen LogP contribution in [0, 0.1) is 11.3 Å². The van der Waals surface area contributed by atoms with Crippen LogP contribution in [0.1, 0.15) is 62.6 Å². The van der Waals surface area contributed by atoms with Gasteiger partial charge >= 0.3 is 0 Å². The quantitative estimate of drug-likeness (QED) is 0.857. The van der Waals surface area contributed by atoms with Gasteiger partial charge in [-0.15, -0.1) is 0 Å². The van der Waals surface area contributed by atoms with E-state index in [1.54, 1.807) is 11.1 Å². The Bertz CT molecular complexity index is 489. The van der Waals surface area contributed by atoms with E-state index < -0.39 is 0 Å². The number of rotatable bonds is 4. The van der Waals surface area contributed by atoms with Crippen molar-refractivity contribution in [3.8, 4) is 0 Å². The number of aryl methyl sites for hydroxylation is 2. The van der Waals surface area contributed by atoms with Gasteiger partial charge in [-0.05, 0) is 73.6 Å². The van der Waals surface area contributed by atoms with E-state index in [0.717, 1.165) is 5.92 Å². The second kappa shape index (κ2) is 6.12. The summed E-state index contributed by atoms with van der Waals surface area (Å²) in [7, 11) is 2.16. The van der Waals surface area contributed by atoms with Crippen molar-refractivity contribution in [2.75, 3.05) is 7.05 Å². The van der Waals surface area contributed by atoms with E-state index in [4.69, 9.17) is 0 Å². The number of fused-ring (bicyclic) bond motifs is 1. The third-order valence-electron chi connectivity index (χ3n) is 6.07. The van der Waals surface area contributed by atoms with Crippen molar-refractivity contribution in [3.05, 3.63) is 34.9 Å². The Morgan fingerprint density at radius 3 is 2.71 bits per heavy atom. The van der Waals surface area contributed by atoms with Gasteiger partial charge in [-0.25, -0.2) is 0 Å². The molecule has 1 heteroatoms. The average Bonchev–Trinajstić information content (AvgIpc) is 2.92. The van der Waals surface area contributed by atoms with Gasteiger partial charge in [-0.1, -0.05) is 44.9 Å². The van der Waals surface area contributed by atoms with Gasteiger partial charge in [0.05, 0.1) is 0 Å². The third-order valence-corrected chi connectivity index (χ3v) is 6.07. The molecular weight excluding hydrogens is 254 g/mol. The molecule has 2 aliphatic carbocycles. The van der Waals surface area contributed by atoms with Crippen molar-refractivity contribution >= 4 is 0 Å². The molecule has 3 rings (SSSR count). The molecule has 0 aromatic heterocycles. The lowest BCUT2D eigenvalue weighted by Gasteiger charge is -2.43. The Hall–Kier alpha value is -0.820. The highest BCUT2D eigenvalue weighted by atomic mass is 14.9. The standard InChI is InChI=1S/C20H31N/c1-20(2)12-5-4-9-18(20)19(21-3)14-15-10-11-16-7-6-8-17(16)13-15/h10-11,13,18-19,21H,4-9,12,14H2,1-3H3. The number of hydrogen-bond donors (Lipinski definition) is 1. The summed E-state index contributed by atoms with van der Waals surface area (Å²) in [5.74, 6) is 0.810. The normalized spacial score (nSPS) is 25.6. The van der Waals surface area contributed by atoms with Crippen molar-refractivity contribution in [2.45, 2.75) is 71.3 Å². The predicted molar refractivity (Wildman–Crippen MR) is 90.8 cm³/mol. The molecule has 1 fully saturated rings. The lowest BCUT2D eigenvalue weighted by molar-refractivity contribution is 0.101. The summed E-state index contributed by atoms with van der Waals surface area (Å²) in [4.78, 5) is 0. The molecule has 1 saturated carbocycles. The van der Waals surface area contributed by atoms with Crippen LogP contribution >= 0.6 is 0 Å². The van der Waals surface area contributed by atoms with Gasteiger partial charge in [0.1, 0.15) is 0 Å². The molecule has 0 bridgehead atoms. The fourth-order valence-electron chi connectivity index (χ4n) is 4.72. The van der Waals surface area contributed by atoms with Crippen LogP contribution in [0.15, 0.2) is 18.2 Å². The molecule has 0 spiro atoms. The lowest BCUT2D eigenvalue weighted by atomic mass is 9.65. The Morgan fingerprint density at radius 1 is 1.14 bits per heavy atom. The first kappa shape index (κ1) is 15.1. The van der Waals surface area contributed by atoms with Crippen molar-refractivity contribution < 1.29 is 0 Å². The summed E-state index contributed by atoms with van der Waals surface area (Å²) in [6, 6.07) is 7.88. The predicted octanol–water partition coefficient (Wildman–Crippen LogP) is 4.52. The minimum absolute atomic E-state index is 0.489. The minimum atomic E-state index is 0.489. The molecule has 0 radical (unpaired) electrons. The van der Waals surface area contributed by atoms with Gasteiger partial charge in [0.2, 0.25) is 0 Å². The van der Waals surface area contributed by atoms with Crippen LogP contribution in [0.4, 0.5) is 0 Å². The van der Waals surface area contributed by atoms with Gasteiger partial charge < -0.3 is 5.32 Å². The van der Waals surface area contributed by atoms with Crippen LogP contribution in [0.2, 0.25) is 0 Å². The topological polar surface area (TPSA) is 12.0 Å². The van der Waals surface area contributed by atoms with E-state index >= 15 is 0 Å². The molecule has 2 aliphatic rings. The Balaban J connectivity index is 1.75. The van der Waals surface area contributed by atoms with E-state index in [9.17, 15) is 0 Å². The number of hydrogen-bond acceptors (Lipinski definition) is 1. The smallest absolute Gasteiger partial charge is 0.0138 e. The van der Waals surface area contributed by atoms with Crippen LogP contribution in [-0.4, -0.2) is 13.1 Å². The maximum Gasteiger partial charge on any atom is 0.0138 e. The first-order chi connectivity index (χ1) is 10.1. The molecule has 1 aromatic rings. The molecule has 0 amide bonds. The molecule has 0 saturated heterocycles. The van der Waals surface area contributed by atoms with Crippen LogP contribution in [-0.2, 0) is 19.3 Å². The molecule has 0 heterocycles. The van der Waals surface area contributed by atoms with E-state index in [2.05, 4.69) is 44.4 Å². The van der Waals surface area contributed by atoms with E-state index in [0.29, 0.717) is 11.5 Å². The van der Waals surface area contributed by atoms with Crippen molar-refractivity contribution in [1.29, 1.82) is 0 Å². The molecule has 2 unspecified atom stereocenters. The van der Waals surface area contributed by atoms with Crippen molar-refractivity contribution in [3.63, 3.8) is 0 Å². The highest BCUT2D eigenvalue weighted by molar-refractivity contribution is 5.35. The Morgan fingerprint density at radius 2 is 1.95 bits per heavy atom. The monoisotopic (exact) mass is 285 g/mol. The van der Waals surface area contributed by atoms with Crippen LogP contribution in [0.5, 0.6) is 0 Å². The summed E-state index contributed by atoms with van der Waals surface area (Å²) >= 11 is 0. The number of likely N-dealkylation sites (N-methyl/N-ethyl adjacent to an activating group) is 1. The summed E-state index contributed by atoms with van der Waals surface area (Å²) in [5.41, 5.74) is 5.24. The first-order valence-electron chi connectivity index (χ1n) is 8.88. The SMILES string of the molecule is CNC(Cc1ccc2c(c1)CCC2)C1CCCCC1(C)C. The maximum absolute atomic E-state index is 3.64. The highest BCUT2D eigenvalue weighted by Crippen LogP contribution is 2.43. The molecule has 2 atom stereocenters. The minimum Gasteiger partial charge on any atom is -0.316 e. The summed E-state index contributed by atoms with van der Waals surface area (Å²) in [6.07, 6.45) is 10.7. The molecule has 116 valence electrons. The number of benzene rings is 1. The second-order valence-electron chi connectivity index (χ2n) is 7.90. The van der Waals surface area contributed by atoms with E-state index in [1.807, 2.05) is 0 Å². The summed E-state index contributed by atoms with van der Waals surface area (Å²) < 4.78 is 0. The number of nitrogens with one attached hydrogen (secondary N) is 1.